The van der Waals surface area contributed by atoms with Crippen molar-refractivity contribution in [3.05, 3.63) is 54.1 Å². The summed E-state index contributed by atoms with van der Waals surface area (Å²) in [5.41, 5.74) is 2.68. The molecule has 1 aromatic heterocycles. The highest BCUT2D eigenvalue weighted by Gasteiger charge is 2.37. The van der Waals surface area contributed by atoms with E-state index in [9.17, 15) is 9.59 Å². The Morgan fingerprint density at radius 3 is 2.00 bits per heavy atom. The number of anilines is 4. The van der Waals surface area contributed by atoms with Crippen molar-refractivity contribution < 1.29 is 19.1 Å². The van der Waals surface area contributed by atoms with Crippen molar-refractivity contribution in [2.24, 2.45) is 0 Å². The Hall–Kier alpha value is -4.33. The summed E-state index contributed by atoms with van der Waals surface area (Å²) in [4.78, 5) is 49.0. The van der Waals surface area contributed by atoms with Crippen molar-refractivity contribution in [1.29, 1.82) is 0 Å². The van der Waals surface area contributed by atoms with E-state index in [0.717, 1.165) is 57.7 Å². The average molecular weight is 628 g/mol. The lowest BCUT2D eigenvalue weighted by atomic mass is 9.95. The van der Waals surface area contributed by atoms with Crippen molar-refractivity contribution in [2.75, 3.05) is 93.2 Å². The summed E-state index contributed by atoms with van der Waals surface area (Å²) in [6.45, 7) is 7.28. The number of ether oxygens (including phenoxy) is 2. The van der Waals surface area contributed by atoms with Crippen molar-refractivity contribution in [3.63, 3.8) is 0 Å². The van der Waals surface area contributed by atoms with E-state index < -0.39 is 0 Å². The van der Waals surface area contributed by atoms with Crippen LogP contribution in [0.2, 0.25) is 0 Å². The van der Waals surface area contributed by atoms with Crippen LogP contribution in [0.1, 0.15) is 29.6 Å². The number of piperazine rings is 1. The van der Waals surface area contributed by atoms with Gasteiger partial charge in [-0.1, -0.05) is 0 Å². The molecule has 3 amide bonds. The lowest BCUT2D eigenvalue weighted by molar-refractivity contribution is 0.0452. The number of nitrogens with one attached hydrogen (secondary N) is 2. The second-order valence-electron chi connectivity index (χ2n) is 12.4. The summed E-state index contributed by atoms with van der Waals surface area (Å²) in [5.74, 6) is 1.96. The van der Waals surface area contributed by atoms with Crippen LogP contribution in [0.25, 0.3) is 11.4 Å². The summed E-state index contributed by atoms with van der Waals surface area (Å²) in [6, 6.07) is 14.7. The zero-order valence-corrected chi connectivity index (χ0v) is 26.2. The predicted molar refractivity (Wildman–Crippen MR) is 176 cm³/mol. The molecule has 4 saturated heterocycles. The van der Waals surface area contributed by atoms with Gasteiger partial charge in [-0.15, -0.1) is 0 Å². The maximum absolute atomic E-state index is 12.8. The van der Waals surface area contributed by atoms with Gasteiger partial charge < -0.3 is 39.7 Å². The molecule has 242 valence electrons. The number of carbonyl (C=O) groups excluding carboxylic acids is 2. The zero-order chi connectivity index (χ0) is 31.5. The number of rotatable bonds is 6. The van der Waals surface area contributed by atoms with Gasteiger partial charge in [0.1, 0.15) is 0 Å². The maximum atomic E-state index is 12.8. The normalized spacial score (nSPS) is 22.0. The van der Waals surface area contributed by atoms with E-state index in [1.807, 2.05) is 29.2 Å². The number of aromatic nitrogens is 3. The number of piperidine rings is 1. The molecule has 0 spiro atoms. The Labute approximate surface area is 268 Å². The van der Waals surface area contributed by atoms with Gasteiger partial charge in [-0.3, -0.25) is 4.79 Å². The molecule has 4 aliphatic heterocycles. The fourth-order valence-corrected chi connectivity index (χ4v) is 6.55. The average Bonchev–Trinajstić information content (AvgIpc) is 3.09. The molecule has 2 aromatic carbocycles. The molecule has 2 unspecified atom stereocenters. The van der Waals surface area contributed by atoms with Crippen LogP contribution >= 0.6 is 0 Å². The third-order valence-corrected chi connectivity index (χ3v) is 9.20. The predicted octanol–water partition coefficient (Wildman–Crippen LogP) is 3.16. The number of urea groups is 1. The van der Waals surface area contributed by atoms with Crippen LogP contribution in [0.4, 0.5) is 28.1 Å². The Bertz CT molecular complexity index is 1500. The molecular formula is C33H41N9O4. The van der Waals surface area contributed by atoms with Gasteiger partial charge in [0, 0.05) is 61.8 Å². The fraction of sp³-hybridized carbons (Fsp3) is 0.485. The molecule has 3 aromatic rings. The number of amides is 3. The van der Waals surface area contributed by atoms with Gasteiger partial charge >= 0.3 is 6.03 Å². The highest BCUT2D eigenvalue weighted by Crippen LogP contribution is 2.33. The number of fused-ring (bicyclic) bond motifs is 2. The largest absolute Gasteiger partial charge is 0.378 e. The molecule has 13 heteroatoms. The minimum Gasteiger partial charge on any atom is -0.378 e. The van der Waals surface area contributed by atoms with E-state index in [1.54, 1.807) is 24.3 Å². The van der Waals surface area contributed by atoms with Crippen molar-refractivity contribution >= 4 is 35.2 Å². The molecule has 46 heavy (non-hydrogen) atoms. The molecule has 4 fully saturated rings. The molecule has 0 aliphatic carbocycles. The minimum absolute atomic E-state index is 0.0133. The molecule has 13 nitrogen and oxygen atoms in total. The standard InChI is InChI=1S/C33H41N9O4/c1-39-13-15-40(16-14-39)30(43)24-7-11-26(12-8-24)35-33(44)34-25-9-5-23(6-10-25)29-36-31(41-17-19-45-20-18-41)38-32(37-29)42-27-3-2-4-28(42)22-46-21-27/h5-12,27-28H,2-4,13-22H2,1H3,(H2,34,35,44). The first-order valence-electron chi connectivity index (χ1n) is 16.2. The number of nitrogens with zero attached hydrogens (tertiary/aromatic N) is 7. The molecule has 2 bridgehead atoms. The Balaban J connectivity index is 1.03. The molecular weight excluding hydrogens is 586 g/mol. The third kappa shape index (κ3) is 6.76. The monoisotopic (exact) mass is 627 g/mol. The van der Waals surface area contributed by atoms with E-state index in [1.165, 1.54) is 6.42 Å². The second kappa shape index (κ2) is 13.6. The number of likely N-dealkylation sites (N-methyl/N-ethyl adjacent to an activating group) is 1. The van der Waals surface area contributed by atoms with E-state index in [0.29, 0.717) is 61.1 Å². The molecule has 5 heterocycles. The SMILES string of the molecule is CN1CCN(C(=O)c2ccc(NC(=O)Nc3ccc(-c4nc(N5CCOCC5)nc(N5C6CCCC5COC6)n4)cc3)cc2)CC1. The third-order valence-electron chi connectivity index (χ3n) is 9.20. The Morgan fingerprint density at radius 2 is 1.35 bits per heavy atom. The van der Waals surface area contributed by atoms with Gasteiger partial charge in [-0.05, 0) is 74.8 Å². The van der Waals surface area contributed by atoms with Crippen LogP contribution < -0.4 is 20.4 Å². The zero-order valence-electron chi connectivity index (χ0n) is 26.2. The van der Waals surface area contributed by atoms with Crippen LogP contribution in [0.3, 0.4) is 0 Å². The van der Waals surface area contributed by atoms with Gasteiger partial charge in [0.15, 0.2) is 5.82 Å². The molecule has 2 atom stereocenters. The first kappa shape index (κ1) is 30.3. The van der Waals surface area contributed by atoms with E-state index in [4.69, 9.17) is 24.4 Å². The molecule has 0 radical (unpaired) electrons. The summed E-state index contributed by atoms with van der Waals surface area (Å²) in [5, 5.41) is 5.74. The lowest BCUT2D eigenvalue weighted by Gasteiger charge is -2.45. The van der Waals surface area contributed by atoms with Crippen molar-refractivity contribution in [1.82, 2.24) is 24.8 Å². The van der Waals surface area contributed by atoms with Gasteiger partial charge in [0.2, 0.25) is 11.9 Å². The number of morpholine rings is 2. The molecule has 2 N–H and O–H groups in total. The Kier molecular flexibility index (Phi) is 8.95. The number of carbonyl (C=O) groups is 2. The quantitative estimate of drug-likeness (QED) is 0.421. The highest BCUT2D eigenvalue weighted by molar-refractivity contribution is 6.00. The first-order chi connectivity index (χ1) is 22.5. The van der Waals surface area contributed by atoms with Gasteiger partial charge in [0.05, 0.1) is 38.5 Å². The van der Waals surface area contributed by atoms with E-state index in [2.05, 4.69) is 32.4 Å². The summed E-state index contributed by atoms with van der Waals surface area (Å²) < 4.78 is 11.4. The molecule has 0 saturated carbocycles. The first-order valence-corrected chi connectivity index (χ1v) is 16.2. The van der Waals surface area contributed by atoms with E-state index >= 15 is 0 Å². The van der Waals surface area contributed by atoms with Crippen LogP contribution in [0, 0.1) is 0 Å². The summed E-state index contributed by atoms with van der Waals surface area (Å²) in [6.07, 6.45) is 3.31. The fourth-order valence-electron chi connectivity index (χ4n) is 6.55. The number of hydrogen-bond acceptors (Lipinski definition) is 10. The topological polar surface area (TPSA) is 128 Å². The maximum Gasteiger partial charge on any atom is 0.323 e. The Morgan fingerprint density at radius 1 is 0.739 bits per heavy atom. The number of hydrogen-bond donors (Lipinski definition) is 2. The van der Waals surface area contributed by atoms with E-state index in [-0.39, 0.29) is 24.0 Å². The highest BCUT2D eigenvalue weighted by atomic mass is 16.5. The van der Waals surface area contributed by atoms with Crippen LogP contribution in [-0.2, 0) is 9.47 Å². The minimum atomic E-state index is -0.373. The smallest absolute Gasteiger partial charge is 0.323 e. The lowest BCUT2D eigenvalue weighted by Crippen LogP contribution is -2.56. The van der Waals surface area contributed by atoms with Crippen LogP contribution in [0.5, 0.6) is 0 Å². The molecule has 4 aliphatic rings. The van der Waals surface area contributed by atoms with Gasteiger partial charge in [0.25, 0.3) is 5.91 Å². The summed E-state index contributed by atoms with van der Waals surface area (Å²) in [7, 11) is 2.06. The van der Waals surface area contributed by atoms with Crippen molar-refractivity contribution in [3.8, 4) is 11.4 Å². The van der Waals surface area contributed by atoms with Gasteiger partial charge in [-0.25, -0.2) is 4.79 Å². The van der Waals surface area contributed by atoms with Crippen LogP contribution in [0.15, 0.2) is 48.5 Å². The van der Waals surface area contributed by atoms with Crippen LogP contribution in [-0.4, -0.2) is 122 Å². The van der Waals surface area contributed by atoms with Crippen molar-refractivity contribution in [2.45, 2.75) is 31.3 Å². The van der Waals surface area contributed by atoms with Gasteiger partial charge in [-0.2, -0.15) is 15.0 Å². The number of benzene rings is 2. The molecule has 7 rings (SSSR count). The second-order valence-corrected chi connectivity index (χ2v) is 12.4. The summed E-state index contributed by atoms with van der Waals surface area (Å²) >= 11 is 0.